The van der Waals surface area contributed by atoms with Crippen LogP contribution in [0.2, 0.25) is 0 Å². The largest absolute Gasteiger partial charge is 0.493 e. The number of nitrogens with one attached hydrogen (secondary N) is 1. The van der Waals surface area contributed by atoms with Crippen LogP contribution in [-0.2, 0) is 6.61 Å². The van der Waals surface area contributed by atoms with Crippen molar-refractivity contribution in [2.75, 3.05) is 14.2 Å². The predicted molar refractivity (Wildman–Crippen MR) is 146 cm³/mol. The van der Waals surface area contributed by atoms with Crippen molar-refractivity contribution >= 4 is 11.0 Å². The molecule has 0 amide bonds. The normalized spacial score (nSPS) is 11.0. The summed E-state index contributed by atoms with van der Waals surface area (Å²) < 4.78 is 19.0. The van der Waals surface area contributed by atoms with E-state index in [9.17, 15) is 0 Å². The van der Waals surface area contributed by atoms with Crippen LogP contribution in [0, 0.1) is 0 Å². The van der Waals surface area contributed by atoms with Gasteiger partial charge in [-0.15, -0.1) is 0 Å². The van der Waals surface area contributed by atoms with Gasteiger partial charge in [0.25, 0.3) is 0 Å². The van der Waals surface area contributed by atoms with E-state index in [1.807, 2.05) is 41.1 Å². The Morgan fingerprint density at radius 2 is 1.50 bits per heavy atom. The zero-order valence-corrected chi connectivity index (χ0v) is 21.0. The van der Waals surface area contributed by atoms with E-state index in [2.05, 4.69) is 51.4 Å². The number of benzene rings is 3. The fourth-order valence-electron chi connectivity index (χ4n) is 4.50. The molecule has 0 fully saturated rings. The third-order valence-electron chi connectivity index (χ3n) is 6.38. The molecule has 0 saturated heterocycles. The first kappa shape index (κ1) is 23.3. The first-order chi connectivity index (χ1) is 18.7. The fourth-order valence-corrected chi connectivity index (χ4v) is 4.50. The molecule has 0 saturated carbocycles. The standard InChI is InChI=1S/C30H25N5O3/c1-36-27-4-3-5-28(37-2)30(27)38-18-29-33-24-16-23(26(17-25(24)34-29)35-15-14-32-19-35)22-8-6-20(7-9-22)21-10-12-31-13-11-21/h3-17,19H,18H2,1-2H3,(H,33,34). The molecule has 0 aliphatic rings. The SMILES string of the molecule is COc1cccc(OC)c1OCc1nc2cc(-n3ccnc3)c(-c3ccc(-c4ccncc4)cc3)cc2[nH]1. The minimum atomic E-state index is 0.224. The number of hydrogen-bond acceptors (Lipinski definition) is 6. The van der Waals surface area contributed by atoms with E-state index in [0.29, 0.717) is 23.1 Å². The van der Waals surface area contributed by atoms with Crippen molar-refractivity contribution in [1.82, 2.24) is 24.5 Å². The number of H-pyrrole nitrogens is 1. The van der Waals surface area contributed by atoms with Gasteiger partial charge >= 0.3 is 0 Å². The van der Waals surface area contributed by atoms with Crippen LogP contribution in [0.4, 0.5) is 0 Å². The van der Waals surface area contributed by atoms with Gasteiger partial charge < -0.3 is 23.8 Å². The summed E-state index contributed by atoms with van der Waals surface area (Å²) in [5, 5.41) is 0. The van der Waals surface area contributed by atoms with Gasteiger partial charge in [0.2, 0.25) is 5.75 Å². The molecular formula is C30H25N5O3. The monoisotopic (exact) mass is 503 g/mol. The molecular weight excluding hydrogens is 478 g/mol. The molecule has 0 aliphatic heterocycles. The Morgan fingerprint density at radius 1 is 0.789 bits per heavy atom. The van der Waals surface area contributed by atoms with E-state index in [0.717, 1.165) is 39.0 Å². The molecule has 8 heteroatoms. The van der Waals surface area contributed by atoms with Crippen LogP contribution < -0.4 is 14.2 Å². The molecule has 3 aromatic heterocycles. The number of hydrogen-bond donors (Lipinski definition) is 1. The molecule has 1 N–H and O–H groups in total. The first-order valence-electron chi connectivity index (χ1n) is 12.1. The molecule has 3 heterocycles. The number of aromatic amines is 1. The van der Waals surface area contributed by atoms with E-state index >= 15 is 0 Å². The highest BCUT2D eigenvalue weighted by Gasteiger charge is 2.15. The van der Waals surface area contributed by atoms with Crippen LogP contribution in [0.1, 0.15) is 5.82 Å². The summed E-state index contributed by atoms with van der Waals surface area (Å²) in [6, 6.07) is 22.2. The third-order valence-corrected chi connectivity index (χ3v) is 6.38. The van der Waals surface area contributed by atoms with E-state index in [-0.39, 0.29) is 6.61 Å². The van der Waals surface area contributed by atoms with Gasteiger partial charge in [0.05, 0.1) is 37.3 Å². The van der Waals surface area contributed by atoms with Crippen molar-refractivity contribution in [1.29, 1.82) is 0 Å². The van der Waals surface area contributed by atoms with Crippen LogP contribution >= 0.6 is 0 Å². The molecule has 8 nitrogen and oxygen atoms in total. The number of fused-ring (bicyclic) bond motifs is 1. The summed E-state index contributed by atoms with van der Waals surface area (Å²) >= 11 is 0. The average Bonchev–Trinajstić information content (AvgIpc) is 3.65. The summed E-state index contributed by atoms with van der Waals surface area (Å²) in [6.07, 6.45) is 9.10. The van der Waals surface area contributed by atoms with Crippen LogP contribution in [-0.4, -0.2) is 38.7 Å². The molecule has 0 aliphatic carbocycles. The van der Waals surface area contributed by atoms with Crippen molar-refractivity contribution in [2.24, 2.45) is 0 Å². The van der Waals surface area contributed by atoms with Crippen molar-refractivity contribution in [3.8, 4) is 45.2 Å². The van der Waals surface area contributed by atoms with Crippen LogP contribution in [0.15, 0.2) is 97.8 Å². The van der Waals surface area contributed by atoms with Crippen molar-refractivity contribution in [3.63, 3.8) is 0 Å². The van der Waals surface area contributed by atoms with E-state index in [4.69, 9.17) is 19.2 Å². The smallest absolute Gasteiger partial charge is 0.203 e. The van der Waals surface area contributed by atoms with Gasteiger partial charge in [0.1, 0.15) is 12.4 Å². The Bertz CT molecular complexity index is 1660. The molecule has 0 unspecified atom stereocenters. The van der Waals surface area contributed by atoms with Gasteiger partial charge in [-0.05, 0) is 53.1 Å². The summed E-state index contributed by atoms with van der Waals surface area (Å²) in [7, 11) is 3.21. The number of rotatable bonds is 8. The molecule has 38 heavy (non-hydrogen) atoms. The van der Waals surface area contributed by atoms with Gasteiger partial charge in [-0.25, -0.2) is 9.97 Å². The highest BCUT2D eigenvalue weighted by Crippen LogP contribution is 2.37. The number of nitrogens with zero attached hydrogens (tertiary/aromatic N) is 4. The van der Waals surface area contributed by atoms with E-state index < -0.39 is 0 Å². The van der Waals surface area contributed by atoms with Crippen LogP contribution in [0.3, 0.4) is 0 Å². The zero-order chi connectivity index (χ0) is 25.9. The van der Waals surface area contributed by atoms with Gasteiger partial charge in [-0.2, -0.15) is 0 Å². The highest BCUT2D eigenvalue weighted by atomic mass is 16.5. The zero-order valence-electron chi connectivity index (χ0n) is 21.0. The molecule has 6 rings (SSSR count). The lowest BCUT2D eigenvalue weighted by atomic mass is 9.99. The topological polar surface area (TPSA) is 87.1 Å². The minimum Gasteiger partial charge on any atom is -0.493 e. The summed E-state index contributed by atoms with van der Waals surface area (Å²) in [5.74, 6) is 2.42. The average molecular weight is 504 g/mol. The lowest BCUT2D eigenvalue weighted by Crippen LogP contribution is -2.01. The Kier molecular flexibility index (Phi) is 6.19. The summed E-state index contributed by atoms with van der Waals surface area (Å²) in [6.45, 7) is 0.224. The van der Waals surface area contributed by atoms with Gasteiger partial charge in [-0.3, -0.25) is 4.98 Å². The maximum Gasteiger partial charge on any atom is 0.203 e. The number of para-hydroxylation sites is 1. The molecule has 0 radical (unpaired) electrons. The first-order valence-corrected chi connectivity index (χ1v) is 12.1. The molecule has 6 aromatic rings. The molecule has 0 bridgehead atoms. The van der Waals surface area contributed by atoms with Gasteiger partial charge in [0, 0.05) is 30.4 Å². The number of pyridine rings is 1. The van der Waals surface area contributed by atoms with Crippen molar-refractivity contribution in [3.05, 3.63) is 104 Å². The van der Waals surface area contributed by atoms with Gasteiger partial charge in [0.15, 0.2) is 11.5 Å². The second-order valence-corrected chi connectivity index (χ2v) is 8.63. The van der Waals surface area contributed by atoms with Crippen molar-refractivity contribution in [2.45, 2.75) is 6.61 Å². The van der Waals surface area contributed by atoms with E-state index in [1.165, 1.54) is 0 Å². The second-order valence-electron chi connectivity index (χ2n) is 8.63. The van der Waals surface area contributed by atoms with Crippen LogP contribution in [0.25, 0.3) is 39.0 Å². The lowest BCUT2D eigenvalue weighted by molar-refractivity contribution is 0.260. The maximum absolute atomic E-state index is 6.07. The number of ether oxygens (including phenoxy) is 3. The Morgan fingerprint density at radius 3 is 2.18 bits per heavy atom. The number of imidazole rings is 2. The predicted octanol–water partition coefficient (Wildman–Crippen LogP) is 6.07. The Balaban J connectivity index is 1.36. The number of aromatic nitrogens is 5. The highest BCUT2D eigenvalue weighted by molar-refractivity contribution is 5.88. The molecule has 3 aromatic carbocycles. The molecule has 0 spiro atoms. The quantitative estimate of drug-likeness (QED) is 0.271. The van der Waals surface area contributed by atoms with Crippen LogP contribution in [0.5, 0.6) is 17.2 Å². The summed E-state index contributed by atoms with van der Waals surface area (Å²) in [4.78, 5) is 16.6. The Hall–Kier alpha value is -5.11. The third kappa shape index (κ3) is 4.43. The van der Waals surface area contributed by atoms with Gasteiger partial charge in [-0.1, -0.05) is 30.3 Å². The minimum absolute atomic E-state index is 0.224. The van der Waals surface area contributed by atoms with Crippen molar-refractivity contribution < 1.29 is 14.2 Å². The molecule has 188 valence electrons. The fraction of sp³-hybridized carbons (Fsp3) is 0.100. The lowest BCUT2D eigenvalue weighted by Gasteiger charge is -2.13. The second kappa shape index (κ2) is 10.1. The summed E-state index contributed by atoms with van der Waals surface area (Å²) in [5.41, 5.74) is 7.12. The maximum atomic E-state index is 6.07. The molecule has 0 atom stereocenters. The Labute approximate surface area is 219 Å². The van der Waals surface area contributed by atoms with E-state index in [1.54, 1.807) is 39.1 Å². The number of methoxy groups -OCH3 is 2.